The molecule has 3 heteroatoms. The molecule has 0 unspecified atom stereocenters. The summed E-state index contributed by atoms with van der Waals surface area (Å²) in [5.41, 5.74) is 5.79. The van der Waals surface area contributed by atoms with E-state index in [2.05, 4.69) is 69.9 Å². The van der Waals surface area contributed by atoms with Crippen molar-refractivity contribution < 1.29 is 4.42 Å². The largest absolute Gasteiger partial charge is 0.464 e. The first-order chi connectivity index (χ1) is 11.4. The smallest absolute Gasteiger partial charge is 0.141 e. The van der Waals surface area contributed by atoms with Crippen molar-refractivity contribution >= 4 is 0 Å². The summed E-state index contributed by atoms with van der Waals surface area (Å²) in [6.45, 7) is 10.9. The molecule has 24 heavy (non-hydrogen) atoms. The van der Waals surface area contributed by atoms with Crippen LogP contribution in [0.5, 0.6) is 0 Å². The van der Waals surface area contributed by atoms with Gasteiger partial charge in [0.25, 0.3) is 0 Å². The molecule has 0 saturated heterocycles. The molecule has 2 aromatic heterocycles. The zero-order valence-corrected chi connectivity index (χ0v) is 15.2. The summed E-state index contributed by atoms with van der Waals surface area (Å²) in [4.78, 5) is 8.12. The molecule has 0 amide bonds. The molecule has 2 heterocycles. The Morgan fingerprint density at radius 2 is 1.92 bits per heavy atom. The van der Waals surface area contributed by atoms with Gasteiger partial charge in [-0.25, -0.2) is 4.98 Å². The summed E-state index contributed by atoms with van der Waals surface area (Å²) >= 11 is 0. The van der Waals surface area contributed by atoms with Crippen LogP contribution in [0, 0.1) is 6.92 Å². The number of benzene rings is 1. The SMILES string of the molecule is CCCc1nc(-c2coc(-c3ccccc3C(C)(C)C)c2)[nH]c1C. The highest BCUT2D eigenvalue weighted by Gasteiger charge is 2.20. The molecule has 3 aromatic rings. The first kappa shape index (κ1) is 16.6. The van der Waals surface area contributed by atoms with Gasteiger partial charge in [-0.1, -0.05) is 58.4 Å². The average molecular weight is 322 g/mol. The van der Waals surface area contributed by atoms with E-state index in [0.29, 0.717) is 0 Å². The predicted molar refractivity (Wildman–Crippen MR) is 99.2 cm³/mol. The second-order valence-electron chi connectivity index (χ2n) is 7.40. The van der Waals surface area contributed by atoms with Gasteiger partial charge < -0.3 is 9.40 Å². The van der Waals surface area contributed by atoms with Crippen LogP contribution < -0.4 is 0 Å². The summed E-state index contributed by atoms with van der Waals surface area (Å²) in [5, 5.41) is 0. The van der Waals surface area contributed by atoms with Crippen molar-refractivity contribution in [1.82, 2.24) is 9.97 Å². The number of hydrogen-bond acceptors (Lipinski definition) is 2. The van der Waals surface area contributed by atoms with Crippen LogP contribution in [0.1, 0.15) is 51.1 Å². The van der Waals surface area contributed by atoms with Gasteiger partial charge in [0.1, 0.15) is 17.8 Å². The van der Waals surface area contributed by atoms with Crippen LogP contribution in [0.15, 0.2) is 41.0 Å². The lowest BCUT2D eigenvalue weighted by atomic mass is 9.83. The lowest BCUT2D eigenvalue weighted by molar-refractivity contribution is 0.566. The molecular formula is C21H26N2O. The Balaban J connectivity index is 1.99. The number of aromatic amines is 1. The van der Waals surface area contributed by atoms with E-state index in [0.717, 1.165) is 46.9 Å². The Hall–Kier alpha value is -2.29. The number of nitrogens with one attached hydrogen (secondary N) is 1. The van der Waals surface area contributed by atoms with Gasteiger partial charge in [0, 0.05) is 11.3 Å². The van der Waals surface area contributed by atoms with Crippen LogP contribution >= 0.6 is 0 Å². The monoisotopic (exact) mass is 322 g/mol. The van der Waals surface area contributed by atoms with Gasteiger partial charge in [-0.15, -0.1) is 0 Å². The third-order valence-electron chi connectivity index (χ3n) is 4.35. The van der Waals surface area contributed by atoms with Gasteiger partial charge >= 0.3 is 0 Å². The molecule has 0 aliphatic carbocycles. The molecular weight excluding hydrogens is 296 g/mol. The van der Waals surface area contributed by atoms with E-state index in [1.807, 2.05) is 0 Å². The van der Waals surface area contributed by atoms with E-state index in [9.17, 15) is 0 Å². The van der Waals surface area contributed by atoms with Gasteiger partial charge in [0.05, 0.1) is 11.3 Å². The van der Waals surface area contributed by atoms with Gasteiger partial charge in [0.2, 0.25) is 0 Å². The minimum Gasteiger partial charge on any atom is -0.464 e. The molecule has 0 saturated carbocycles. The molecule has 1 N–H and O–H groups in total. The molecule has 0 fully saturated rings. The lowest BCUT2D eigenvalue weighted by Crippen LogP contribution is -2.12. The lowest BCUT2D eigenvalue weighted by Gasteiger charge is -2.21. The highest BCUT2D eigenvalue weighted by molar-refractivity contribution is 5.69. The molecule has 0 atom stereocenters. The number of imidazole rings is 1. The maximum Gasteiger partial charge on any atom is 0.141 e. The number of nitrogens with zero attached hydrogens (tertiary/aromatic N) is 1. The third kappa shape index (κ3) is 3.16. The summed E-state index contributed by atoms with van der Waals surface area (Å²) < 4.78 is 5.89. The van der Waals surface area contributed by atoms with Crippen LogP contribution in [0.2, 0.25) is 0 Å². The van der Waals surface area contributed by atoms with Gasteiger partial charge in [0.15, 0.2) is 0 Å². The average Bonchev–Trinajstić information content (AvgIpc) is 3.14. The van der Waals surface area contributed by atoms with Crippen molar-refractivity contribution in [2.45, 2.75) is 52.9 Å². The highest BCUT2D eigenvalue weighted by atomic mass is 16.3. The third-order valence-corrected chi connectivity index (χ3v) is 4.35. The van der Waals surface area contributed by atoms with E-state index >= 15 is 0 Å². The summed E-state index contributed by atoms with van der Waals surface area (Å²) in [6, 6.07) is 10.5. The fourth-order valence-corrected chi connectivity index (χ4v) is 3.07. The first-order valence-electron chi connectivity index (χ1n) is 8.64. The quantitative estimate of drug-likeness (QED) is 0.650. The second kappa shape index (κ2) is 6.31. The molecule has 0 bridgehead atoms. The van der Waals surface area contributed by atoms with Crippen molar-refractivity contribution in [1.29, 1.82) is 0 Å². The van der Waals surface area contributed by atoms with Crippen molar-refractivity contribution in [3.63, 3.8) is 0 Å². The Bertz CT molecular complexity index is 834. The minimum absolute atomic E-state index is 0.0686. The van der Waals surface area contributed by atoms with Crippen molar-refractivity contribution in [2.75, 3.05) is 0 Å². The van der Waals surface area contributed by atoms with Crippen molar-refractivity contribution in [2.24, 2.45) is 0 Å². The number of hydrogen-bond donors (Lipinski definition) is 1. The number of H-pyrrole nitrogens is 1. The number of aromatic nitrogens is 2. The van der Waals surface area contributed by atoms with Crippen LogP contribution in [0.4, 0.5) is 0 Å². The minimum atomic E-state index is 0.0686. The molecule has 3 nitrogen and oxygen atoms in total. The van der Waals surface area contributed by atoms with Crippen LogP contribution in [0.25, 0.3) is 22.7 Å². The van der Waals surface area contributed by atoms with Crippen LogP contribution in [-0.4, -0.2) is 9.97 Å². The predicted octanol–water partition coefficient (Wildman–Crippen LogP) is 5.90. The molecule has 1 aromatic carbocycles. The fourth-order valence-electron chi connectivity index (χ4n) is 3.07. The molecule has 0 aliphatic heterocycles. The zero-order chi connectivity index (χ0) is 17.3. The van der Waals surface area contributed by atoms with Gasteiger partial charge in [-0.3, -0.25) is 0 Å². The normalized spacial score (nSPS) is 11.9. The number of rotatable bonds is 4. The standard InChI is InChI=1S/C21H26N2O/c1-6-9-18-14(2)22-20(23-18)15-12-19(24-13-15)16-10-7-8-11-17(16)21(3,4)5/h7-8,10-13H,6,9H2,1-5H3,(H,22,23). The molecule has 3 rings (SSSR count). The van der Waals surface area contributed by atoms with Crippen molar-refractivity contribution in [3.8, 4) is 22.7 Å². The summed E-state index contributed by atoms with van der Waals surface area (Å²) in [7, 11) is 0. The second-order valence-corrected chi connectivity index (χ2v) is 7.40. The van der Waals surface area contributed by atoms with Crippen LogP contribution in [-0.2, 0) is 11.8 Å². The Morgan fingerprint density at radius 3 is 2.62 bits per heavy atom. The Morgan fingerprint density at radius 1 is 1.17 bits per heavy atom. The number of furan rings is 1. The Kier molecular flexibility index (Phi) is 4.35. The molecule has 0 aliphatic rings. The molecule has 126 valence electrons. The maximum absolute atomic E-state index is 5.89. The summed E-state index contributed by atoms with van der Waals surface area (Å²) in [5.74, 6) is 1.78. The van der Waals surface area contributed by atoms with Gasteiger partial charge in [-0.05, 0) is 30.4 Å². The van der Waals surface area contributed by atoms with E-state index in [4.69, 9.17) is 9.40 Å². The van der Waals surface area contributed by atoms with E-state index in [1.165, 1.54) is 5.56 Å². The van der Waals surface area contributed by atoms with E-state index in [-0.39, 0.29) is 5.41 Å². The van der Waals surface area contributed by atoms with Crippen LogP contribution in [0.3, 0.4) is 0 Å². The topological polar surface area (TPSA) is 41.8 Å². The van der Waals surface area contributed by atoms with E-state index < -0.39 is 0 Å². The van der Waals surface area contributed by atoms with E-state index in [1.54, 1.807) is 6.26 Å². The highest BCUT2D eigenvalue weighted by Crippen LogP contribution is 2.35. The first-order valence-corrected chi connectivity index (χ1v) is 8.64. The maximum atomic E-state index is 5.89. The summed E-state index contributed by atoms with van der Waals surface area (Å²) in [6.07, 6.45) is 3.89. The fraction of sp³-hybridized carbons (Fsp3) is 0.381. The van der Waals surface area contributed by atoms with Crippen molar-refractivity contribution in [3.05, 3.63) is 53.5 Å². The zero-order valence-electron chi connectivity index (χ0n) is 15.2. The van der Waals surface area contributed by atoms with Gasteiger partial charge in [-0.2, -0.15) is 0 Å². The Labute approximate surface area is 144 Å². The molecule has 0 spiro atoms. The number of aryl methyl sites for hydroxylation is 2. The molecule has 0 radical (unpaired) electrons.